The number of nitrogens with zero attached hydrogens (tertiary/aromatic N) is 1. The molecule has 0 aliphatic rings. The van der Waals surface area contributed by atoms with E-state index in [4.69, 9.17) is 4.98 Å². The van der Waals surface area contributed by atoms with E-state index in [9.17, 15) is 0 Å². The van der Waals surface area contributed by atoms with Crippen molar-refractivity contribution in [2.24, 2.45) is 0 Å². The number of nitrogens with one attached hydrogen (secondary N) is 1. The van der Waals surface area contributed by atoms with Gasteiger partial charge in [-0.05, 0) is 19.3 Å². The van der Waals surface area contributed by atoms with E-state index in [1.807, 2.05) is 0 Å². The molecule has 1 aromatic rings. The van der Waals surface area contributed by atoms with E-state index in [0.717, 1.165) is 6.54 Å². The lowest BCUT2D eigenvalue weighted by atomic mass is 9.90. The summed E-state index contributed by atoms with van der Waals surface area (Å²) in [5.41, 5.74) is 1.65. The SMILES string of the molecule is CCC(CC)(CC)NCc1nc(C(C)(C)C)cs1. The molecular weight excluding hydrogens is 240 g/mol. The molecule has 1 rings (SSSR count). The van der Waals surface area contributed by atoms with Gasteiger partial charge in [-0.3, -0.25) is 0 Å². The molecule has 0 atom stereocenters. The molecule has 0 amide bonds. The lowest BCUT2D eigenvalue weighted by Gasteiger charge is -2.31. The number of thiazole rings is 1. The van der Waals surface area contributed by atoms with Gasteiger partial charge in [0, 0.05) is 22.9 Å². The molecule has 0 aliphatic heterocycles. The van der Waals surface area contributed by atoms with Crippen LogP contribution in [-0.2, 0) is 12.0 Å². The number of aromatic nitrogens is 1. The average Bonchev–Trinajstić information content (AvgIpc) is 2.80. The highest BCUT2D eigenvalue weighted by molar-refractivity contribution is 7.09. The van der Waals surface area contributed by atoms with Crippen molar-refractivity contribution >= 4 is 11.3 Å². The van der Waals surface area contributed by atoms with Gasteiger partial charge in [-0.25, -0.2) is 4.98 Å². The first-order chi connectivity index (χ1) is 8.37. The topological polar surface area (TPSA) is 24.9 Å². The zero-order valence-corrected chi connectivity index (χ0v) is 13.6. The van der Waals surface area contributed by atoms with Gasteiger partial charge in [0.15, 0.2) is 0 Å². The smallest absolute Gasteiger partial charge is 0.107 e. The molecule has 1 N–H and O–H groups in total. The van der Waals surface area contributed by atoms with Crippen LogP contribution in [0, 0.1) is 0 Å². The van der Waals surface area contributed by atoms with Crippen LogP contribution in [0.25, 0.3) is 0 Å². The average molecular weight is 268 g/mol. The van der Waals surface area contributed by atoms with Crippen molar-refractivity contribution in [1.82, 2.24) is 10.3 Å². The van der Waals surface area contributed by atoms with Crippen molar-refractivity contribution in [1.29, 1.82) is 0 Å². The standard InChI is InChI=1S/C15H28N2S/c1-7-15(8-2,9-3)16-10-13-17-12(11-18-13)14(4,5)6/h11,16H,7-10H2,1-6H3. The zero-order valence-electron chi connectivity index (χ0n) is 12.8. The molecular formula is C15H28N2S. The van der Waals surface area contributed by atoms with E-state index < -0.39 is 0 Å². The van der Waals surface area contributed by atoms with Gasteiger partial charge in [-0.15, -0.1) is 11.3 Å². The second kappa shape index (κ2) is 6.16. The number of rotatable bonds is 6. The third-order valence-electron chi connectivity index (χ3n) is 3.97. The minimum atomic E-state index is 0.159. The van der Waals surface area contributed by atoms with Crippen LogP contribution in [-0.4, -0.2) is 10.5 Å². The van der Waals surface area contributed by atoms with Crippen LogP contribution in [0.3, 0.4) is 0 Å². The molecule has 0 fully saturated rings. The van der Waals surface area contributed by atoms with Crippen LogP contribution >= 0.6 is 11.3 Å². The monoisotopic (exact) mass is 268 g/mol. The second-order valence-corrected chi connectivity index (χ2v) is 7.01. The molecule has 1 heterocycles. The molecule has 0 saturated carbocycles. The van der Waals surface area contributed by atoms with Gasteiger partial charge in [0.05, 0.1) is 5.69 Å². The van der Waals surface area contributed by atoms with Crippen molar-refractivity contribution in [2.75, 3.05) is 0 Å². The molecule has 2 nitrogen and oxygen atoms in total. The van der Waals surface area contributed by atoms with Crippen LogP contribution in [0.1, 0.15) is 71.5 Å². The Morgan fingerprint density at radius 3 is 2.06 bits per heavy atom. The van der Waals surface area contributed by atoms with Crippen molar-refractivity contribution in [3.63, 3.8) is 0 Å². The lowest BCUT2D eigenvalue weighted by Crippen LogP contribution is -2.43. The molecule has 104 valence electrons. The molecule has 0 spiro atoms. The fourth-order valence-corrected chi connectivity index (χ4v) is 3.09. The minimum Gasteiger partial charge on any atom is -0.305 e. The van der Waals surface area contributed by atoms with Crippen molar-refractivity contribution < 1.29 is 0 Å². The van der Waals surface area contributed by atoms with Crippen LogP contribution in [0.15, 0.2) is 5.38 Å². The number of hydrogen-bond donors (Lipinski definition) is 1. The molecule has 0 unspecified atom stereocenters. The number of hydrogen-bond acceptors (Lipinski definition) is 3. The van der Waals surface area contributed by atoms with Gasteiger partial charge in [0.1, 0.15) is 5.01 Å². The summed E-state index contributed by atoms with van der Waals surface area (Å²) in [6.45, 7) is 14.3. The Kier molecular flexibility index (Phi) is 5.35. The first kappa shape index (κ1) is 15.6. The van der Waals surface area contributed by atoms with E-state index in [0.29, 0.717) is 0 Å². The highest BCUT2D eigenvalue weighted by Crippen LogP contribution is 2.25. The zero-order chi connectivity index (χ0) is 13.8. The maximum Gasteiger partial charge on any atom is 0.107 e. The van der Waals surface area contributed by atoms with Crippen molar-refractivity contribution in [3.8, 4) is 0 Å². The Morgan fingerprint density at radius 1 is 1.11 bits per heavy atom. The van der Waals surface area contributed by atoms with Crippen LogP contribution < -0.4 is 5.32 Å². The summed E-state index contributed by atoms with van der Waals surface area (Å²) in [5.74, 6) is 0. The first-order valence-electron chi connectivity index (χ1n) is 7.06. The van der Waals surface area contributed by atoms with Crippen LogP contribution in [0.5, 0.6) is 0 Å². The second-order valence-electron chi connectivity index (χ2n) is 6.07. The van der Waals surface area contributed by atoms with Gasteiger partial charge in [0.25, 0.3) is 0 Å². The van der Waals surface area contributed by atoms with Crippen LogP contribution in [0.2, 0.25) is 0 Å². The normalized spacial score (nSPS) is 13.0. The summed E-state index contributed by atoms with van der Waals surface area (Å²) in [4.78, 5) is 4.74. The third kappa shape index (κ3) is 3.79. The predicted molar refractivity (Wildman–Crippen MR) is 81.3 cm³/mol. The molecule has 0 aliphatic carbocycles. The Hall–Kier alpha value is -0.410. The van der Waals surface area contributed by atoms with Crippen molar-refractivity contribution in [3.05, 3.63) is 16.1 Å². The summed E-state index contributed by atoms with van der Waals surface area (Å²) in [5, 5.41) is 7.12. The van der Waals surface area contributed by atoms with Crippen LogP contribution in [0.4, 0.5) is 0 Å². The molecule has 1 aromatic heterocycles. The molecule has 3 heteroatoms. The Bertz CT molecular complexity index is 351. The van der Waals surface area contributed by atoms with E-state index >= 15 is 0 Å². The highest BCUT2D eigenvalue weighted by Gasteiger charge is 2.23. The van der Waals surface area contributed by atoms with E-state index in [2.05, 4.69) is 52.2 Å². The predicted octanol–water partition coefficient (Wildman–Crippen LogP) is 4.50. The third-order valence-corrected chi connectivity index (χ3v) is 4.81. The summed E-state index contributed by atoms with van der Waals surface area (Å²) in [6, 6.07) is 0. The highest BCUT2D eigenvalue weighted by atomic mass is 32.1. The van der Waals surface area contributed by atoms with Gasteiger partial charge in [-0.1, -0.05) is 41.5 Å². The lowest BCUT2D eigenvalue weighted by molar-refractivity contribution is 0.287. The fraction of sp³-hybridized carbons (Fsp3) is 0.800. The van der Waals surface area contributed by atoms with Gasteiger partial charge in [-0.2, -0.15) is 0 Å². The largest absolute Gasteiger partial charge is 0.305 e. The Balaban J connectivity index is 2.66. The van der Waals surface area contributed by atoms with E-state index in [1.54, 1.807) is 11.3 Å². The first-order valence-corrected chi connectivity index (χ1v) is 7.94. The maximum atomic E-state index is 4.74. The minimum absolute atomic E-state index is 0.159. The van der Waals surface area contributed by atoms with Gasteiger partial charge >= 0.3 is 0 Å². The summed E-state index contributed by atoms with van der Waals surface area (Å²) >= 11 is 1.77. The molecule has 18 heavy (non-hydrogen) atoms. The molecule has 0 aromatic carbocycles. The summed E-state index contributed by atoms with van der Waals surface area (Å²) in [6.07, 6.45) is 3.53. The summed E-state index contributed by atoms with van der Waals surface area (Å²) < 4.78 is 0. The van der Waals surface area contributed by atoms with E-state index in [1.165, 1.54) is 30.0 Å². The molecule has 0 saturated heterocycles. The fourth-order valence-electron chi connectivity index (χ4n) is 2.12. The van der Waals surface area contributed by atoms with Crippen molar-refractivity contribution in [2.45, 2.75) is 78.3 Å². The Labute approximate surface area is 116 Å². The summed E-state index contributed by atoms with van der Waals surface area (Å²) in [7, 11) is 0. The van der Waals surface area contributed by atoms with Gasteiger partial charge < -0.3 is 5.32 Å². The molecule has 0 radical (unpaired) electrons. The molecule has 0 bridgehead atoms. The van der Waals surface area contributed by atoms with E-state index in [-0.39, 0.29) is 11.0 Å². The maximum absolute atomic E-state index is 4.74. The van der Waals surface area contributed by atoms with Gasteiger partial charge in [0.2, 0.25) is 0 Å². The Morgan fingerprint density at radius 2 is 1.67 bits per heavy atom. The quantitative estimate of drug-likeness (QED) is 0.821.